The lowest BCUT2D eigenvalue weighted by Crippen LogP contribution is -2.30. The highest BCUT2D eigenvalue weighted by molar-refractivity contribution is 6.00. The SMILES string of the molecule is CC(C)(C)c1ccc(C2(c3cc(Oc4ccc5c(c4)n(-c4cc(C(C)(C)C)ccn4)c4nc6ccccc6n54)cc(N4CN(c5c(-c6ccccc6)cc(C(C)(C)C)cc5-c5ccccc5)c5ccccc54)c3)c3ccccc3-c3ccccc32)cc1. The van der Waals surface area contributed by atoms with Crippen LogP contribution in [0.5, 0.6) is 11.5 Å². The largest absolute Gasteiger partial charge is 0.457 e. The van der Waals surface area contributed by atoms with Crippen LogP contribution in [0.3, 0.4) is 0 Å². The number of aromatic nitrogens is 4. The topological polar surface area (TPSA) is 50.8 Å². The molecule has 0 amide bonds. The third-order valence-corrected chi connectivity index (χ3v) is 18.2. The van der Waals surface area contributed by atoms with Crippen molar-refractivity contribution in [3.05, 3.63) is 288 Å². The van der Waals surface area contributed by atoms with Gasteiger partial charge in [-0.25, -0.2) is 9.97 Å². The number of rotatable bonds is 9. The Morgan fingerprint density at radius 1 is 0.414 bits per heavy atom. The van der Waals surface area contributed by atoms with E-state index in [4.69, 9.17) is 14.7 Å². The first-order valence-electron chi connectivity index (χ1n) is 30.5. The molecule has 3 aromatic heterocycles. The van der Waals surface area contributed by atoms with Crippen LogP contribution < -0.4 is 14.5 Å². The van der Waals surface area contributed by atoms with E-state index < -0.39 is 5.41 Å². The van der Waals surface area contributed by atoms with Crippen molar-refractivity contribution in [2.75, 3.05) is 16.5 Å². The van der Waals surface area contributed by atoms with Crippen molar-refractivity contribution in [3.8, 4) is 50.7 Å². The van der Waals surface area contributed by atoms with E-state index in [2.05, 4.69) is 318 Å². The normalized spacial score (nSPS) is 13.8. The minimum Gasteiger partial charge on any atom is -0.457 e. The van der Waals surface area contributed by atoms with Crippen molar-refractivity contribution < 1.29 is 4.74 Å². The Morgan fingerprint density at radius 3 is 1.62 bits per heavy atom. The molecule has 0 saturated carbocycles. The Kier molecular flexibility index (Phi) is 12.4. The van der Waals surface area contributed by atoms with E-state index in [1.807, 2.05) is 12.3 Å². The van der Waals surface area contributed by atoms with Crippen LogP contribution in [-0.2, 0) is 21.7 Å². The van der Waals surface area contributed by atoms with Crippen molar-refractivity contribution in [1.29, 1.82) is 0 Å². The highest BCUT2D eigenvalue weighted by Crippen LogP contribution is 2.59. The summed E-state index contributed by atoms with van der Waals surface area (Å²) in [6, 6.07) is 89.3. The van der Waals surface area contributed by atoms with Crippen molar-refractivity contribution in [2.24, 2.45) is 0 Å². The predicted octanol–water partition coefficient (Wildman–Crippen LogP) is 20.5. The first kappa shape index (κ1) is 53.7. The third kappa shape index (κ3) is 8.84. The first-order valence-corrected chi connectivity index (χ1v) is 30.5. The Balaban J connectivity index is 0.974. The van der Waals surface area contributed by atoms with Gasteiger partial charge in [-0.3, -0.25) is 8.97 Å². The average Bonchev–Trinajstić information content (AvgIpc) is 1.67. The maximum Gasteiger partial charge on any atom is 0.221 e. The van der Waals surface area contributed by atoms with Gasteiger partial charge in [0.15, 0.2) is 0 Å². The average molecular weight is 1130 g/mol. The summed E-state index contributed by atoms with van der Waals surface area (Å²) in [6.45, 7) is 21.1. The van der Waals surface area contributed by atoms with Gasteiger partial charge in [0.25, 0.3) is 0 Å². The molecule has 0 spiro atoms. The van der Waals surface area contributed by atoms with Gasteiger partial charge in [-0.2, -0.15) is 0 Å². The lowest BCUT2D eigenvalue weighted by atomic mass is 9.67. The first-order chi connectivity index (χ1) is 42.0. The van der Waals surface area contributed by atoms with Gasteiger partial charge in [-0.1, -0.05) is 220 Å². The summed E-state index contributed by atoms with van der Waals surface area (Å²) in [5, 5.41) is 0. The zero-order valence-corrected chi connectivity index (χ0v) is 51.0. The van der Waals surface area contributed by atoms with Gasteiger partial charge in [-0.05, 0) is 150 Å². The van der Waals surface area contributed by atoms with E-state index in [1.54, 1.807) is 0 Å². The molecule has 0 bridgehead atoms. The van der Waals surface area contributed by atoms with Gasteiger partial charge in [-0.15, -0.1) is 0 Å². The van der Waals surface area contributed by atoms with E-state index in [9.17, 15) is 0 Å². The van der Waals surface area contributed by atoms with E-state index in [-0.39, 0.29) is 16.2 Å². The monoisotopic (exact) mass is 1130 g/mol. The zero-order valence-electron chi connectivity index (χ0n) is 51.0. The second-order valence-corrected chi connectivity index (χ2v) is 26.7. The number of anilines is 4. The van der Waals surface area contributed by atoms with Gasteiger partial charge in [0, 0.05) is 35.1 Å². The minimum atomic E-state index is -0.741. The number of fused-ring (bicyclic) bond motifs is 9. The molecule has 10 aromatic carbocycles. The molecule has 87 heavy (non-hydrogen) atoms. The zero-order chi connectivity index (χ0) is 59.6. The molecule has 0 N–H and O–H groups in total. The molecule has 1 aliphatic carbocycles. The predicted molar refractivity (Wildman–Crippen MR) is 360 cm³/mol. The fourth-order valence-corrected chi connectivity index (χ4v) is 13.7. The van der Waals surface area contributed by atoms with Crippen LogP contribution >= 0.6 is 0 Å². The number of ether oxygens (including phenoxy) is 1. The maximum atomic E-state index is 7.53. The van der Waals surface area contributed by atoms with Crippen molar-refractivity contribution >= 4 is 50.6 Å². The lowest BCUT2D eigenvalue weighted by Gasteiger charge is -2.35. The molecule has 0 saturated heterocycles. The summed E-state index contributed by atoms with van der Waals surface area (Å²) in [5.74, 6) is 3.01. The molecule has 7 nitrogen and oxygen atoms in total. The van der Waals surface area contributed by atoms with Crippen molar-refractivity contribution in [2.45, 2.75) is 84.0 Å². The van der Waals surface area contributed by atoms with Crippen LogP contribution in [0.25, 0.3) is 67.0 Å². The minimum absolute atomic E-state index is 0.0382. The quantitative estimate of drug-likeness (QED) is 0.144. The smallest absolute Gasteiger partial charge is 0.221 e. The van der Waals surface area contributed by atoms with E-state index in [1.165, 1.54) is 66.8 Å². The Labute approximate surface area is 510 Å². The molecule has 15 rings (SSSR count). The van der Waals surface area contributed by atoms with Crippen LogP contribution in [0.4, 0.5) is 22.7 Å². The number of benzene rings is 10. The van der Waals surface area contributed by atoms with Crippen LogP contribution in [0.15, 0.2) is 249 Å². The summed E-state index contributed by atoms with van der Waals surface area (Å²) >= 11 is 0. The number of imidazole rings is 2. The summed E-state index contributed by atoms with van der Waals surface area (Å²) in [7, 11) is 0. The Morgan fingerprint density at radius 2 is 0.989 bits per heavy atom. The fourth-order valence-electron chi connectivity index (χ4n) is 13.7. The molecule has 426 valence electrons. The number of nitrogens with zero attached hydrogens (tertiary/aromatic N) is 6. The molecule has 4 heterocycles. The number of para-hydroxylation sites is 4. The van der Waals surface area contributed by atoms with E-state index >= 15 is 0 Å². The number of hydrogen-bond donors (Lipinski definition) is 0. The molecular weight excluding hydrogens is 1060 g/mol. The summed E-state index contributed by atoms with van der Waals surface area (Å²) in [4.78, 5) is 15.4. The van der Waals surface area contributed by atoms with Crippen molar-refractivity contribution in [1.82, 2.24) is 18.9 Å². The molecule has 0 unspecified atom stereocenters. The molecule has 0 fully saturated rings. The standard InChI is InChI=1S/C80H70N6O/c1-77(2,3)54-36-38-55(39-37-54)80(66-30-18-16-28-62(66)63-29-17-19-31-67(63)80)58-44-59(49-61(45-58)87-60-40-41-72-73(50-60)86(74-48-56(42-43-81-74)78(4,5)6)76-82-68-32-20-21-33-69(68)85(72)76)83-51-84(71-35-23-22-34-70(71)83)75-64(52-24-12-10-13-25-52)46-57(79(7,8)9)47-65(75)53-26-14-11-15-27-53/h10-50H,51H2,1-9H3. The highest BCUT2D eigenvalue weighted by atomic mass is 16.5. The second kappa shape index (κ2) is 20.1. The summed E-state index contributed by atoms with van der Waals surface area (Å²) in [5.41, 5.74) is 23.0. The lowest BCUT2D eigenvalue weighted by molar-refractivity contribution is 0.482. The molecule has 2 aliphatic rings. The molecular formula is C80H70N6O. The summed E-state index contributed by atoms with van der Waals surface area (Å²) < 4.78 is 12.0. The number of hydrogen-bond acceptors (Lipinski definition) is 5. The molecule has 0 atom stereocenters. The molecule has 0 radical (unpaired) electrons. The van der Waals surface area contributed by atoms with E-state index in [0.29, 0.717) is 12.4 Å². The second-order valence-electron chi connectivity index (χ2n) is 26.7. The Bertz CT molecular complexity index is 4710. The van der Waals surface area contributed by atoms with Gasteiger partial charge in [0.1, 0.15) is 24.0 Å². The van der Waals surface area contributed by atoms with Crippen molar-refractivity contribution in [3.63, 3.8) is 0 Å². The Hall–Kier alpha value is -9.98. The van der Waals surface area contributed by atoms with Crippen LogP contribution in [0.1, 0.15) is 101 Å². The van der Waals surface area contributed by atoms with Gasteiger partial charge in [0.05, 0.1) is 44.5 Å². The third-order valence-electron chi connectivity index (χ3n) is 18.2. The van der Waals surface area contributed by atoms with Gasteiger partial charge < -0.3 is 14.5 Å². The van der Waals surface area contributed by atoms with Crippen LogP contribution in [0.2, 0.25) is 0 Å². The molecule has 7 heteroatoms. The van der Waals surface area contributed by atoms with Gasteiger partial charge >= 0.3 is 0 Å². The van der Waals surface area contributed by atoms with Crippen LogP contribution in [0, 0.1) is 0 Å². The van der Waals surface area contributed by atoms with Gasteiger partial charge in [0.2, 0.25) is 5.78 Å². The maximum absolute atomic E-state index is 7.53. The fraction of sp³-hybridized carbons (Fsp3) is 0.175. The molecule has 1 aliphatic heterocycles. The summed E-state index contributed by atoms with van der Waals surface area (Å²) in [6.07, 6.45) is 1.92. The van der Waals surface area contributed by atoms with E-state index in [0.717, 1.165) is 67.7 Å². The molecule has 13 aromatic rings. The number of pyridine rings is 1. The van der Waals surface area contributed by atoms with Crippen LogP contribution in [-0.4, -0.2) is 25.6 Å². The highest BCUT2D eigenvalue weighted by Gasteiger charge is 2.47.